The normalized spacial score (nSPS) is 12.2. The molecule has 0 aliphatic rings. The molecule has 4 heteroatoms. The standard InChI is InChI=1S/C12H17N3O/c1-8(2)11(7-16)15-12-10(6-13)5-4-9(3)14-12/h4-5,8,11,16H,7H2,1-3H3,(H,14,15). The second kappa shape index (κ2) is 5.47. The fourth-order valence-electron chi connectivity index (χ4n) is 1.36. The van der Waals surface area contributed by atoms with Crippen LogP contribution in [-0.4, -0.2) is 22.7 Å². The van der Waals surface area contributed by atoms with Gasteiger partial charge in [0.2, 0.25) is 0 Å². The zero-order valence-corrected chi connectivity index (χ0v) is 9.86. The molecule has 0 fully saturated rings. The number of pyridine rings is 1. The van der Waals surface area contributed by atoms with Crippen LogP contribution in [0.5, 0.6) is 0 Å². The minimum atomic E-state index is -0.0820. The number of aromatic nitrogens is 1. The molecule has 0 spiro atoms. The van der Waals surface area contributed by atoms with E-state index in [4.69, 9.17) is 5.26 Å². The van der Waals surface area contributed by atoms with Gasteiger partial charge in [-0.15, -0.1) is 0 Å². The van der Waals surface area contributed by atoms with Crippen LogP contribution in [0, 0.1) is 24.2 Å². The Morgan fingerprint density at radius 3 is 2.69 bits per heavy atom. The summed E-state index contributed by atoms with van der Waals surface area (Å²) >= 11 is 0. The van der Waals surface area contributed by atoms with Gasteiger partial charge in [-0.2, -0.15) is 5.26 Å². The van der Waals surface area contributed by atoms with Gasteiger partial charge in [-0.05, 0) is 25.0 Å². The Bertz CT molecular complexity index is 396. The molecule has 1 aromatic heterocycles. The molecule has 1 aromatic rings. The Kier molecular flexibility index (Phi) is 4.27. The van der Waals surface area contributed by atoms with E-state index >= 15 is 0 Å². The molecule has 0 radical (unpaired) electrons. The van der Waals surface area contributed by atoms with E-state index in [9.17, 15) is 5.11 Å². The van der Waals surface area contributed by atoms with Gasteiger partial charge in [0.15, 0.2) is 0 Å². The maximum atomic E-state index is 9.22. The highest BCUT2D eigenvalue weighted by Crippen LogP contribution is 2.15. The van der Waals surface area contributed by atoms with Crippen molar-refractivity contribution < 1.29 is 5.11 Å². The first-order valence-corrected chi connectivity index (χ1v) is 5.33. The lowest BCUT2D eigenvalue weighted by atomic mass is 10.1. The molecular formula is C12H17N3O. The number of hydrogen-bond acceptors (Lipinski definition) is 4. The molecule has 0 aliphatic carbocycles. The highest BCUT2D eigenvalue weighted by Gasteiger charge is 2.14. The van der Waals surface area contributed by atoms with Crippen LogP contribution in [0.15, 0.2) is 12.1 Å². The van der Waals surface area contributed by atoms with Crippen LogP contribution in [-0.2, 0) is 0 Å². The Morgan fingerprint density at radius 1 is 1.50 bits per heavy atom. The largest absolute Gasteiger partial charge is 0.394 e. The molecule has 1 unspecified atom stereocenters. The van der Waals surface area contributed by atoms with Gasteiger partial charge < -0.3 is 10.4 Å². The average molecular weight is 219 g/mol. The highest BCUT2D eigenvalue weighted by atomic mass is 16.3. The lowest BCUT2D eigenvalue weighted by Gasteiger charge is -2.21. The molecule has 0 aliphatic heterocycles. The van der Waals surface area contributed by atoms with E-state index < -0.39 is 0 Å². The molecule has 0 saturated carbocycles. The lowest BCUT2D eigenvalue weighted by Crippen LogP contribution is -2.30. The van der Waals surface area contributed by atoms with Gasteiger partial charge in [0.25, 0.3) is 0 Å². The van der Waals surface area contributed by atoms with E-state index in [1.54, 1.807) is 12.1 Å². The molecular weight excluding hydrogens is 202 g/mol. The second-order valence-corrected chi connectivity index (χ2v) is 4.14. The van der Waals surface area contributed by atoms with Crippen LogP contribution in [0.2, 0.25) is 0 Å². The van der Waals surface area contributed by atoms with Gasteiger partial charge in [-0.1, -0.05) is 13.8 Å². The third-order valence-corrected chi connectivity index (χ3v) is 2.48. The lowest BCUT2D eigenvalue weighted by molar-refractivity contribution is 0.249. The Morgan fingerprint density at radius 2 is 2.19 bits per heavy atom. The maximum absolute atomic E-state index is 9.22. The monoisotopic (exact) mass is 219 g/mol. The van der Waals surface area contributed by atoms with Crippen molar-refractivity contribution in [1.29, 1.82) is 5.26 Å². The van der Waals surface area contributed by atoms with Gasteiger partial charge in [0, 0.05) is 5.69 Å². The number of nitrogens with one attached hydrogen (secondary N) is 1. The van der Waals surface area contributed by atoms with Crippen LogP contribution >= 0.6 is 0 Å². The van der Waals surface area contributed by atoms with E-state index in [-0.39, 0.29) is 18.6 Å². The summed E-state index contributed by atoms with van der Waals surface area (Å²) in [6, 6.07) is 5.54. The molecule has 16 heavy (non-hydrogen) atoms. The summed E-state index contributed by atoms with van der Waals surface area (Å²) < 4.78 is 0. The third kappa shape index (κ3) is 2.94. The molecule has 0 amide bonds. The summed E-state index contributed by atoms with van der Waals surface area (Å²) in [5, 5.41) is 21.3. The van der Waals surface area contributed by atoms with Crippen molar-refractivity contribution in [2.45, 2.75) is 26.8 Å². The summed E-state index contributed by atoms with van der Waals surface area (Å²) in [6.07, 6.45) is 0. The van der Waals surface area contributed by atoms with E-state index in [1.165, 1.54) is 0 Å². The van der Waals surface area contributed by atoms with Gasteiger partial charge in [-0.25, -0.2) is 4.98 Å². The Labute approximate surface area is 95.9 Å². The van der Waals surface area contributed by atoms with Crippen LogP contribution in [0.3, 0.4) is 0 Å². The summed E-state index contributed by atoms with van der Waals surface area (Å²) in [4.78, 5) is 4.27. The van der Waals surface area contributed by atoms with Crippen molar-refractivity contribution in [2.24, 2.45) is 5.92 Å². The van der Waals surface area contributed by atoms with Crippen molar-refractivity contribution in [1.82, 2.24) is 4.98 Å². The fraction of sp³-hybridized carbons (Fsp3) is 0.500. The predicted molar refractivity (Wildman–Crippen MR) is 63.0 cm³/mol. The molecule has 2 N–H and O–H groups in total. The summed E-state index contributed by atoms with van der Waals surface area (Å²) in [6.45, 7) is 5.92. The molecule has 4 nitrogen and oxygen atoms in total. The van der Waals surface area contributed by atoms with Crippen molar-refractivity contribution >= 4 is 5.82 Å². The van der Waals surface area contributed by atoms with Crippen LogP contribution in [0.25, 0.3) is 0 Å². The third-order valence-electron chi connectivity index (χ3n) is 2.48. The van der Waals surface area contributed by atoms with Gasteiger partial charge in [0.1, 0.15) is 11.9 Å². The smallest absolute Gasteiger partial charge is 0.144 e. The highest BCUT2D eigenvalue weighted by molar-refractivity contribution is 5.52. The number of hydrogen-bond donors (Lipinski definition) is 2. The number of nitrogens with zero attached hydrogens (tertiary/aromatic N) is 2. The van der Waals surface area contributed by atoms with Crippen molar-refractivity contribution in [3.8, 4) is 6.07 Å². The number of anilines is 1. The molecule has 1 heterocycles. The summed E-state index contributed by atoms with van der Waals surface area (Å²) in [5.74, 6) is 0.828. The zero-order valence-electron chi connectivity index (χ0n) is 9.86. The number of aliphatic hydroxyl groups excluding tert-OH is 1. The fourth-order valence-corrected chi connectivity index (χ4v) is 1.36. The summed E-state index contributed by atoms with van der Waals surface area (Å²) in [7, 11) is 0. The van der Waals surface area contributed by atoms with Crippen molar-refractivity contribution in [3.05, 3.63) is 23.4 Å². The summed E-state index contributed by atoms with van der Waals surface area (Å²) in [5.41, 5.74) is 1.35. The number of nitriles is 1. The van der Waals surface area contributed by atoms with E-state index in [1.807, 2.05) is 20.8 Å². The van der Waals surface area contributed by atoms with Gasteiger partial charge in [0.05, 0.1) is 18.2 Å². The van der Waals surface area contributed by atoms with E-state index in [0.717, 1.165) is 5.69 Å². The van der Waals surface area contributed by atoms with Gasteiger partial charge >= 0.3 is 0 Å². The number of aryl methyl sites for hydroxylation is 1. The first-order valence-electron chi connectivity index (χ1n) is 5.33. The van der Waals surface area contributed by atoms with Crippen LogP contribution in [0.1, 0.15) is 25.1 Å². The average Bonchev–Trinajstić information content (AvgIpc) is 2.25. The van der Waals surface area contributed by atoms with Crippen LogP contribution in [0.4, 0.5) is 5.82 Å². The molecule has 0 bridgehead atoms. The minimum Gasteiger partial charge on any atom is -0.394 e. The van der Waals surface area contributed by atoms with Crippen molar-refractivity contribution in [3.63, 3.8) is 0 Å². The Hall–Kier alpha value is -1.60. The number of aliphatic hydroxyl groups is 1. The van der Waals surface area contributed by atoms with E-state index in [0.29, 0.717) is 11.4 Å². The zero-order chi connectivity index (χ0) is 12.1. The quantitative estimate of drug-likeness (QED) is 0.808. The minimum absolute atomic E-state index is 0.0259. The topological polar surface area (TPSA) is 68.9 Å². The molecule has 1 rings (SSSR count). The van der Waals surface area contributed by atoms with Crippen molar-refractivity contribution in [2.75, 3.05) is 11.9 Å². The molecule has 86 valence electrons. The molecule has 1 atom stereocenters. The Balaban J connectivity index is 2.95. The SMILES string of the molecule is Cc1ccc(C#N)c(NC(CO)C(C)C)n1. The molecule has 0 aromatic carbocycles. The second-order valence-electron chi connectivity index (χ2n) is 4.14. The maximum Gasteiger partial charge on any atom is 0.144 e. The predicted octanol–water partition coefficient (Wildman–Crippen LogP) is 1.69. The van der Waals surface area contributed by atoms with E-state index in [2.05, 4.69) is 16.4 Å². The van der Waals surface area contributed by atoms with Crippen LogP contribution < -0.4 is 5.32 Å². The first kappa shape index (κ1) is 12.5. The molecule has 0 saturated heterocycles. The number of rotatable bonds is 4. The van der Waals surface area contributed by atoms with Gasteiger partial charge in [-0.3, -0.25) is 0 Å². The first-order chi connectivity index (χ1) is 7.58.